The number of esters is 1. The number of allylic oxidation sites excluding steroid dienone is 1. The number of hydrogen-bond acceptors (Lipinski definition) is 3. The molecule has 2 fully saturated rings. The zero-order chi connectivity index (χ0) is 13.8. The third kappa shape index (κ3) is 1.71. The molecule has 0 unspecified atom stereocenters. The summed E-state index contributed by atoms with van der Waals surface area (Å²) in [5, 5.41) is 0. The molecule has 19 heavy (non-hydrogen) atoms. The molecule has 0 N–H and O–H groups in total. The van der Waals surface area contributed by atoms with Crippen molar-refractivity contribution in [3.63, 3.8) is 0 Å². The van der Waals surface area contributed by atoms with Gasteiger partial charge in [0, 0.05) is 24.5 Å². The van der Waals surface area contributed by atoms with Gasteiger partial charge in [-0.05, 0) is 39.5 Å². The van der Waals surface area contributed by atoms with E-state index in [1.807, 2.05) is 0 Å². The van der Waals surface area contributed by atoms with Gasteiger partial charge < -0.3 is 9.47 Å². The van der Waals surface area contributed by atoms with Crippen molar-refractivity contribution in [1.82, 2.24) is 0 Å². The zero-order valence-electron chi connectivity index (χ0n) is 12.0. The number of fused-ring (bicyclic) bond motifs is 3. The molecule has 4 atom stereocenters. The van der Waals surface area contributed by atoms with Gasteiger partial charge in [-0.25, -0.2) is 4.79 Å². The molecule has 1 heterocycles. The van der Waals surface area contributed by atoms with E-state index in [1.54, 1.807) is 7.11 Å². The Hall–Kier alpha value is -1.09. The Labute approximate surface area is 114 Å². The number of rotatable bonds is 1. The van der Waals surface area contributed by atoms with E-state index in [0.717, 1.165) is 25.7 Å². The summed E-state index contributed by atoms with van der Waals surface area (Å²) in [4.78, 5) is 11.8. The summed E-state index contributed by atoms with van der Waals surface area (Å²) in [6, 6.07) is 0. The fourth-order valence-corrected chi connectivity index (χ4v) is 4.12. The largest absolute Gasteiger partial charge is 0.458 e. The highest BCUT2D eigenvalue weighted by Gasteiger charge is 2.55. The van der Waals surface area contributed by atoms with Gasteiger partial charge >= 0.3 is 5.97 Å². The lowest BCUT2D eigenvalue weighted by molar-refractivity contribution is -0.145. The second-order valence-corrected chi connectivity index (χ2v) is 6.34. The van der Waals surface area contributed by atoms with Gasteiger partial charge in [0.25, 0.3) is 0 Å². The molecule has 0 aromatic carbocycles. The van der Waals surface area contributed by atoms with Gasteiger partial charge in [0.15, 0.2) is 0 Å². The van der Waals surface area contributed by atoms with Crippen LogP contribution in [0.4, 0.5) is 0 Å². The van der Waals surface area contributed by atoms with Crippen LogP contribution in [0.1, 0.15) is 39.5 Å². The first-order chi connectivity index (χ1) is 8.98. The highest BCUT2D eigenvalue weighted by Crippen LogP contribution is 2.53. The van der Waals surface area contributed by atoms with Crippen LogP contribution in [-0.2, 0) is 14.3 Å². The lowest BCUT2D eigenvalue weighted by Crippen LogP contribution is -2.42. The number of methoxy groups -OCH3 is 1. The van der Waals surface area contributed by atoms with Crippen LogP contribution in [0.15, 0.2) is 23.3 Å². The van der Waals surface area contributed by atoms with Gasteiger partial charge in [0.1, 0.15) is 6.10 Å². The molecule has 0 aromatic rings. The summed E-state index contributed by atoms with van der Waals surface area (Å²) in [5.74, 6) is 0.157. The van der Waals surface area contributed by atoms with Gasteiger partial charge in [-0.3, -0.25) is 0 Å². The summed E-state index contributed by atoms with van der Waals surface area (Å²) >= 11 is 0. The summed E-state index contributed by atoms with van der Waals surface area (Å²) in [5.41, 5.74) is 3.36. The van der Waals surface area contributed by atoms with Crippen molar-refractivity contribution in [2.24, 2.45) is 11.8 Å². The molecular weight excluding hydrogens is 240 g/mol. The molecule has 0 bridgehead atoms. The first kappa shape index (κ1) is 12.9. The van der Waals surface area contributed by atoms with Crippen LogP contribution in [0.3, 0.4) is 0 Å². The predicted octanol–water partition coefficient (Wildman–Crippen LogP) is 3.01. The Morgan fingerprint density at radius 2 is 2.16 bits per heavy atom. The van der Waals surface area contributed by atoms with E-state index in [4.69, 9.17) is 9.47 Å². The highest BCUT2D eigenvalue weighted by atomic mass is 16.6. The predicted molar refractivity (Wildman–Crippen MR) is 72.6 cm³/mol. The van der Waals surface area contributed by atoms with Crippen molar-refractivity contribution in [3.8, 4) is 0 Å². The fourth-order valence-electron chi connectivity index (χ4n) is 4.12. The first-order valence-electron chi connectivity index (χ1n) is 7.11. The number of ether oxygens (including phenoxy) is 2. The Morgan fingerprint density at radius 1 is 1.42 bits per heavy atom. The average Bonchev–Trinajstić information content (AvgIpc) is 2.82. The molecule has 0 aromatic heterocycles. The minimum Gasteiger partial charge on any atom is -0.458 e. The molecule has 3 nitrogen and oxygen atoms in total. The Bertz CT molecular complexity index is 476. The summed E-state index contributed by atoms with van der Waals surface area (Å²) in [7, 11) is 1.77. The van der Waals surface area contributed by atoms with Crippen molar-refractivity contribution < 1.29 is 14.3 Å². The Balaban J connectivity index is 2.06. The van der Waals surface area contributed by atoms with E-state index in [1.165, 1.54) is 11.1 Å². The standard InChI is InChI=1S/C16H22O3/c1-9-5-6-12-10(2)15(17)19-14(12)13-11(9)7-8-16(13,3)18-4/h12-14H,2,5-8H2,1,3-4H3/t12-,13-,14-,16+/m0/s1. The summed E-state index contributed by atoms with van der Waals surface area (Å²) in [6.45, 7) is 8.31. The topological polar surface area (TPSA) is 35.5 Å². The second kappa shape index (κ2) is 4.20. The minimum atomic E-state index is -0.214. The van der Waals surface area contributed by atoms with Gasteiger partial charge in [0.05, 0.1) is 5.60 Å². The molecule has 1 saturated heterocycles. The summed E-state index contributed by atoms with van der Waals surface area (Å²) < 4.78 is 11.5. The molecule has 0 radical (unpaired) electrons. The van der Waals surface area contributed by atoms with Crippen molar-refractivity contribution in [3.05, 3.63) is 23.3 Å². The van der Waals surface area contributed by atoms with Crippen LogP contribution in [-0.4, -0.2) is 24.8 Å². The number of carbonyl (C=O) groups excluding carboxylic acids is 1. The Morgan fingerprint density at radius 3 is 2.84 bits per heavy atom. The smallest absolute Gasteiger partial charge is 0.334 e. The molecule has 1 aliphatic heterocycles. The molecule has 104 valence electrons. The van der Waals surface area contributed by atoms with Crippen LogP contribution >= 0.6 is 0 Å². The van der Waals surface area contributed by atoms with E-state index >= 15 is 0 Å². The van der Waals surface area contributed by atoms with Crippen LogP contribution < -0.4 is 0 Å². The maximum Gasteiger partial charge on any atom is 0.334 e. The maximum atomic E-state index is 11.8. The van der Waals surface area contributed by atoms with Gasteiger partial charge in [0.2, 0.25) is 0 Å². The summed E-state index contributed by atoms with van der Waals surface area (Å²) in [6.07, 6.45) is 4.02. The monoisotopic (exact) mass is 262 g/mol. The normalized spacial score (nSPS) is 41.9. The quantitative estimate of drug-likeness (QED) is 0.414. The lowest BCUT2D eigenvalue weighted by atomic mass is 9.79. The lowest BCUT2D eigenvalue weighted by Gasteiger charge is -2.35. The maximum absolute atomic E-state index is 11.8. The molecule has 3 heteroatoms. The molecular formula is C16H22O3. The van der Waals surface area contributed by atoms with E-state index in [-0.39, 0.29) is 29.5 Å². The molecule has 1 saturated carbocycles. The molecule has 0 spiro atoms. The van der Waals surface area contributed by atoms with E-state index < -0.39 is 0 Å². The first-order valence-corrected chi connectivity index (χ1v) is 7.11. The van der Waals surface area contributed by atoms with Gasteiger partial charge in [-0.2, -0.15) is 0 Å². The van der Waals surface area contributed by atoms with Crippen LogP contribution in [0, 0.1) is 11.8 Å². The second-order valence-electron chi connectivity index (χ2n) is 6.34. The van der Waals surface area contributed by atoms with Crippen molar-refractivity contribution in [2.45, 2.75) is 51.2 Å². The third-order valence-corrected chi connectivity index (χ3v) is 5.45. The number of carbonyl (C=O) groups is 1. The molecule has 2 aliphatic carbocycles. The van der Waals surface area contributed by atoms with E-state index in [2.05, 4.69) is 20.4 Å². The SMILES string of the molecule is C=C1C(=O)O[C@H]2[C@H]1CCC(C)=C1CC[C@@](C)(OC)[C@@H]12. The molecule has 3 aliphatic rings. The van der Waals surface area contributed by atoms with Crippen LogP contribution in [0.5, 0.6) is 0 Å². The van der Waals surface area contributed by atoms with Crippen molar-refractivity contribution >= 4 is 5.97 Å². The Kier molecular flexibility index (Phi) is 2.86. The third-order valence-electron chi connectivity index (χ3n) is 5.45. The van der Waals surface area contributed by atoms with Crippen LogP contribution in [0.2, 0.25) is 0 Å². The highest BCUT2D eigenvalue weighted by molar-refractivity contribution is 5.91. The van der Waals surface area contributed by atoms with Crippen LogP contribution in [0.25, 0.3) is 0 Å². The van der Waals surface area contributed by atoms with Crippen molar-refractivity contribution in [2.75, 3.05) is 7.11 Å². The van der Waals surface area contributed by atoms with Crippen molar-refractivity contribution in [1.29, 1.82) is 0 Å². The average molecular weight is 262 g/mol. The zero-order valence-corrected chi connectivity index (χ0v) is 12.0. The van der Waals surface area contributed by atoms with E-state index in [0.29, 0.717) is 5.57 Å². The molecule has 0 amide bonds. The fraction of sp³-hybridized carbons (Fsp3) is 0.688. The van der Waals surface area contributed by atoms with Gasteiger partial charge in [-0.1, -0.05) is 17.7 Å². The minimum absolute atomic E-state index is 0.0695. The van der Waals surface area contributed by atoms with E-state index in [9.17, 15) is 4.79 Å². The molecule has 3 rings (SSSR count). The van der Waals surface area contributed by atoms with Gasteiger partial charge in [-0.15, -0.1) is 0 Å². The number of hydrogen-bond donors (Lipinski definition) is 0.